The van der Waals surface area contributed by atoms with Gasteiger partial charge in [-0.2, -0.15) is 0 Å². The van der Waals surface area contributed by atoms with Gasteiger partial charge in [-0.3, -0.25) is 4.98 Å². The highest BCUT2D eigenvalue weighted by atomic mass is 35.5. The zero-order valence-corrected chi connectivity index (χ0v) is 11.6. The Labute approximate surface area is 118 Å². The monoisotopic (exact) mass is 273 g/mol. The fraction of sp³-hybridized carbons (Fsp3) is 0.188. The maximum Gasteiger partial charge on any atom is 0.126 e. The summed E-state index contributed by atoms with van der Waals surface area (Å²) in [6.45, 7) is 2.49. The van der Waals surface area contributed by atoms with E-state index in [1.54, 1.807) is 0 Å². The standard InChI is InChI=1S/C16H16ClNO/c1-13-5-4-7-15(18-13)10-9-14-6-2-3-8-16(14)19-12-11-17/h2-10H,11-12H2,1H3. The summed E-state index contributed by atoms with van der Waals surface area (Å²) in [5.41, 5.74) is 2.97. The molecule has 0 saturated carbocycles. The molecule has 2 nitrogen and oxygen atoms in total. The van der Waals surface area contributed by atoms with Gasteiger partial charge in [0.2, 0.25) is 0 Å². The van der Waals surface area contributed by atoms with Crippen LogP contribution < -0.4 is 4.74 Å². The Morgan fingerprint density at radius 2 is 1.95 bits per heavy atom. The first-order valence-corrected chi connectivity index (χ1v) is 6.72. The smallest absolute Gasteiger partial charge is 0.126 e. The van der Waals surface area contributed by atoms with Crippen molar-refractivity contribution in [2.24, 2.45) is 0 Å². The van der Waals surface area contributed by atoms with Crippen LogP contribution in [0.4, 0.5) is 0 Å². The predicted molar refractivity (Wildman–Crippen MR) is 80.6 cm³/mol. The molecule has 1 aromatic carbocycles. The predicted octanol–water partition coefficient (Wildman–Crippen LogP) is 4.18. The summed E-state index contributed by atoms with van der Waals surface area (Å²) in [6, 6.07) is 13.8. The molecule has 0 aliphatic heterocycles. The molecular formula is C16H16ClNO. The fourth-order valence-corrected chi connectivity index (χ4v) is 1.81. The summed E-state index contributed by atoms with van der Waals surface area (Å²) in [6.07, 6.45) is 3.99. The van der Waals surface area contributed by atoms with Crippen molar-refractivity contribution in [3.63, 3.8) is 0 Å². The third-order valence-corrected chi connectivity index (χ3v) is 2.75. The SMILES string of the molecule is Cc1cccc(C=Cc2ccccc2OCCCl)n1. The van der Waals surface area contributed by atoms with Gasteiger partial charge in [0.05, 0.1) is 11.6 Å². The molecule has 1 aromatic heterocycles. The lowest BCUT2D eigenvalue weighted by molar-refractivity contribution is 0.342. The molecule has 0 N–H and O–H groups in total. The molecule has 3 heteroatoms. The second-order valence-electron chi connectivity index (χ2n) is 4.11. The van der Waals surface area contributed by atoms with E-state index in [1.807, 2.05) is 61.5 Å². The van der Waals surface area contributed by atoms with Crippen LogP contribution in [0.25, 0.3) is 12.2 Å². The minimum Gasteiger partial charge on any atom is -0.492 e. The molecule has 0 aliphatic rings. The lowest BCUT2D eigenvalue weighted by Gasteiger charge is -2.07. The Morgan fingerprint density at radius 3 is 2.74 bits per heavy atom. The highest BCUT2D eigenvalue weighted by Crippen LogP contribution is 2.20. The number of pyridine rings is 1. The average molecular weight is 274 g/mol. The van der Waals surface area contributed by atoms with Crippen molar-refractivity contribution in [3.05, 3.63) is 59.4 Å². The van der Waals surface area contributed by atoms with Crippen LogP contribution in [-0.2, 0) is 0 Å². The third kappa shape index (κ3) is 4.11. The summed E-state index contributed by atoms with van der Waals surface area (Å²) in [5, 5.41) is 0. The first kappa shape index (κ1) is 13.6. The summed E-state index contributed by atoms with van der Waals surface area (Å²) in [4.78, 5) is 4.43. The molecule has 2 rings (SSSR count). The maximum absolute atomic E-state index is 5.64. The molecule has 19 heavy (non-hydrogen) atoms. The number of alkyl halides is 1. The summed E-state index contributed by atoms with van der Waals surface area (Å²) >= 11 is 5.64. The number of nitrogens with zero attached hydrogens (tertiary/aromatic N) is 1. The molecule has 0 saturated heterocycles. The molecule has 0 spiro atoms. The van der Waals surface area contributed by atoms with Crippen molar-refractivity contribution in [1.82, 2.24) is 4.98 Å². The van der Waals surface area contributed by atoms with Gasteiger partial charge in [-0.25, -0.2) is 0 Å². The Kier molecular flexibility index (Phi) is 4.99. The van der Waals surface area contributed by atoms with Crippen LogP contribution in [0.1, 0.15) is 17.0 Å². The van der Waals surface area contributed by atoms with Crippen molar-refractivity contribution in [2.45, 2.75) is 6.92 Å². The summed E-state index contributed by atoms with van der Waals surface area (Å²) in [5.74, 6) is 1.32. The number of halogens is 1. The number of para-hydroxylation sites is 1. The van der Waals surface area contributed by atoms with Crippen LogP contribution in [0.15, 0.2) is 42.5 Å². The molecule has 0 aliphatic carbocycles. The Morgan fingerprint density at radius 1 is 1.11 bits per heavy atom. The normalized spacial score (nSPS) is 10.8. The zero-order valence-electron chi connectivity index (χ0n) is 10.8. The quantitative estimate of drug-likeness (QED) is 0.763. The van der Waals surface area contributed by atoms with Gasteiger partial charge in [0.1, 0.15) is 12.4 Å². The van der Waals surface area contributed by atoms with E-state index in [4.69, 9.17) is 16.3 Å². The van der Waals surface area contributed by atoms with E-state index in [9.17, 15) is 0 Å². The van der Waals surface area contributed by atoms with E-state index in [0.717, 1.165) is 22.7 Å². The second kappa shape index (κ2) is 6.95. The van der Waals surface area contributed by atoms with E-state index in [1.165, 1.54) is 0 Å². The Hall–Kier alpha value is -1.80. The number of aromatic nitrogens is 1. The molecule has 1 heterocycles. The number of hydrogen-bond acceptors (Lipinski definition) is 2. The van der Waals surface area contributed by atoms with Crippen molar-refractivity contribution in [2.75, 3.05) is 12.5 Å². The van der Waals surface area contributed by atoms with Crippen LogP contribution in [0, 0.1) is 6.92 Å². The van der Waals surface area contributed by atoms with Crippen LogP contribution in [-0.4, -0.2) is 17.5 Å². The number of hydrogen-bond donors (Lipinski definition) is 0. The van der Waals surface area contributed by atoms with Crippen molar-refractivity contribution in [3.8, 4) is 5.75 Å². The number of aryl methyl sites for hydroxylation is 1. The summed E-state index contributed by atoms with van der Waals surface area (Å²) < 4.78 is 5.59. The highest BCUT2D eigenvalue weighted by molar-refractivity contribution is 6.18. The first-order chi connectivity index (χ1) is 9.29. The molecule has 0 unspecified atom stereocenters. The number of ether oxygens (including phenoxy) is 1. The lowest BCUT2D eigenvalue weighted by atomic mass is 10.1. The molecule has 0 amide bonds. The van der Waals surface area contributed by atoms with Gasteiger partial charge in [0.25, 0.3) is 0 Å². The average Bonchev–Trinajstić information content (AvgIpc) is 2.44. The summed E-state index contributed by atoms with van der Waals surface area (Å²) in [7, 11) is 0. The largest absolute Gasteiger partial charge is 0.492 e. The van der Waals surface area contributed by atoms with Crippen molar-refractivity contribution in [1.29, 1.82) is 0 Å². The molecule has 2 aromatic rings. The highest BCUT2D eigenvalue weighted by Gasteiger charge is 1.99. The van der Waals surface area contributed by atoms with Crippen LogP contribution in [0.3, 0.4) is 0 Å². The molecule has 0 fully saturated rings. The van der Waals surface area contributed by atoms with Gasteiger partial charge in [-0.1, -0.05) is 24.3 Å². The molecular weight excluding hydrogens is 258 g/mol. The van der Waals surface area contributed by atoms with Gasteiger partial charge in [-0.15, -0.1) is 11.6 Å². The lowest BCUT2D eigenvalue weighted by Crippen LogP contribution is -1.99. The molecule has 0 bridgehead atoms. The van der Waals surface area contributed by atoms with Gasteiger partial charge >= 0.3 is 0 Å². The second-order valence-corrected chi connectivity index (χ2v) is 4.49. The maximum atomic E-state index is 5.64. The van der Waals surface area contributed by atoms with Crippen LogP contribution in [0.5, 0.6) is 5.75 Å². The minimum absolute atomic E-state index is 0.484. The number of rotatable bonds is 5. The Bertz CT molecular complexity index is 566. The van der Waals surface area contributed by atoms with Crippen LogP contribution >= 0.6 is 11.6 Å². The van der Waals surface area contributed by atoms with Gasteiger partial charge in [0, 0.05) is 11.3 Å². The van der Waals surface area contributed by atoms with Gasteiger partial charge < -0.3 is 4.74 Å². The van der Waals surface area contributed by atoms with Crippen molar-refractivity contribution >= 4 is 23.8 Å². The molecule has 0 radical (unpaired) electrons. The third-order valence-electron chi connectivity index (χ3n) is 2.60. The fourth-order valence-electron chi connectivity index (χ4n) is 1.73. The van der Waals surface area contributed by atoms with E-state index in [0.29, 0.717) is 12.5 Å². The van der Waals surface area contributed by atoms with Crippen molar-refractivity contribution < 1.29 is 4.74 Å². The Balaban J connectivity index is 2.18. The van der Waals surface area contributed by atoms with Gasteiger partial charge in [-0.05, 0) is 37.3 Å². The topological polar surface area (TPSA) is 22.1 Å². The van der Waals surface area contributed by atoms with E-state index in [-0.39, 0.29) is 0 Å². The minimum atomic E-state index is 0.484. The van der Waals surface area contributed by atoms with Gasteiger partial charge in [0.15, 0.2) is 0 Å². The van der Waals surface area contributed by atoms with Crippen LogP contribution in [0.2, 0.25) is 0 Å². The van der Waals surface area contributed by atoms with E-state index < -0.39 is 0 Å². The molecule has 98 valence electrons. The van der Waals surface area contributed by atoms with E-state index in [2.05, 4.69) is 4.98 Å². The van der Waals surface area contributed by atoms with E-state index >= 15 is 0 Å². The first-order valence-electron chi connectivity index (χ1n) is 6.19. The molecule has 0 atom stereocenters. The zero-order chi connectivity index (χ0) is 13.5. The number of benzene rings is 1.